The maximum Gasteiger partial charge on any atom is 0.244 e. The van der Waals surface area contributed by atoms with Crippen molar-refractivity contribution in [3.8, 4) is 0 Å². The van der Waals surface area contributed by atoms with E-state index in [-0.39, 0.29) is 11.8 Å². The molecule has 0 radical (unpaired) electrons. The van der Waals surface area contributed by atoms with Crippen molar-refractivity contribution in [1.82, 2.24) is 10.2 Å². The summed E-state index contributed by atoms with van der Waals surface area (Å²) in [5.74, 6) is -0.192. The molecule has 2 amide bonds. The third kappa shape index (κ3) is 3.38. The smallest absolute Gasteiger partial charge is 0.244 e. The molecule has 0 aliphatic carbocycles. The number of hydrogen-bond acceptors (Lipinski definition) is 2. The van der Waals surface area contributed by atoms with Gasteiger partial charge < -0.3 is 10.2 Å². The zero-order valence-electron chi connectivity index (χ0n) is 9.32. The van der Waals surface area contributed by atoms with Crippen LogP contribution in [0.3, 0.4) is 0 Å². The maximum atomic E-state index is 11.8. The Morgan fingerprint density at radius 1 is 1.33 bits per heavy atom. The largest absolute Gasteiger partial charge is 0.341 e. The molecule has 4 nitrogen and oxygen atoms in total. The molecule has 0 bridgehead atoms. The van der Waals surface area contributed by atoms with E-state index >= 15 is 0 Å². The third-order valence-electron chi connectivity index (χ3n) is 2.46. The fourth-order valence-electron chi connectivity index (χ4n) is 1.69. The van der Waals surface area contributed by atoms with Crippen LogP contribution in [0.4, 0.5) is 0 Å². The second-order valence-corrected chi connectivity index (χ2v) is 3.76. The Balaban J connectivity index is 2.41. The minimum Gasteiger partial charge on any atom is -0.341 e. The van der Waals surface area contributed by atoms with E-state index < -0.39 is 6.04 Å². The Kier molecular flexibility index (Phi) is 4.34. The van der Waals surface area contributed by atoms with Crippen LogP contribution in [0.15, 0.2) is 12.2 Å². The van der Waals surface area contributed by atoms with Gasteiger partial charge in [0.05, 0.1) is 0 Å². The number of carbonyl (C=O) groups is 2. The SMILES string of the molecule is C/C=C/C(=O)NC(C)C(=O)N1CCCC1. The number of amides is 2. The van der Waals surface area contributed by atoms with Gasteiger partial charge in [0.2, 0.25) is 11.8 Å². The molecule has 0 aromatic carbocycles. The topological polar surface area (TPSA) is 49.4 Å². The summed E-state index contributed by atoms with van der Waals surface area (Å²) in [6, 6.07) is -0.424. The number of likely N-dealkylation sites (tertiary alicyclic amines) is 1. The molecule has 1 heterocycles. The highest BCUT2D eigenvalue weighted by atomic mass is 16.2. The van der Waals surface area contributed by atoms with E-state index in [1.165, 1.54) is 6.08 Å². The highest BCUT2D eigenvalue weighted by molar-refractivity contribution is 5.92. The average molecular weight is 210 g/mol. The summed E-state index contributed by atoms with van der Waals surface area (Å²) in [6.45, 7) is 5.14. The Morgan fingerprint density at radius 3 is 2.47 bits per heavy atom. The van der Waals surface area contributed by atoms with Crippen LogP contribution in [0.5, 0.6) is 0 Å². The fraction of sp³-hybridized carbons (Fsp3) is 0.636. The van der Waals surface area contributed by atoms with Gasteiger partial charge in [-0.3, -0.25) is 9.59 Å². The number of carbonyl (C=O) groups excluding carboxylic acids is 2. The van der Waals surface area contributed by atoms with Crippen molar-refractivity contribution in [2.24, 2.45) is 0 Å². The molecule has 1 N–H and O–H groups in total. The first-order valence-corrected chi connectivity index (χ1v) is 5.37. The predicted octanol–water partition coefficient (Wildman–Crippen LogP) is 0.690. The van der Waals surface area contributed by atoms with Crippen molar-refractivity contribution < 1.29 is 9.59 Å². The maximum absolute atomic E-state index is 11.8. The first-order valence-electron chi connectivity index (χ1n) is 5.37. The summed E-state index contributed by atoms with van der Waals surface area (Å²) < 4.78 is 0. The van der Waals surface area contributed by atoms with Gasteiger partial charge in [-0.1, -0.05) is 6.08 Å². The highest BCUT2D eigenvalue weighted by Crippen LogP contribution is 2.08. The molecule has 1 atom stereocenters. The average Bonchev–Trinajstić information content (AvgIpc) is 2.69. The lowest BCUT2D eigenvalue weighted by Gasteiger charge is -2.20. The molecule has 0 aromatic rings. The van der Waals surface area contributed by atoms with Crippen LogP contribution >= 0.6 is 0 Å². The normalized spacial score (nSPS) is 18.1. The second-order valence-electron chi connectivity index (χ2n) is 3.76. The Hall–Kier alpha value is -1.32. The monoisotopic (exact) mass is 210 g/mol. The Bertz CT molecular complexity index is 268. The van der Waals surface area contributed by atoms with Crippen LogP contribution in [0.1, 0.15) is 26.7 Å². The van der Waals surface area contributed by atoms with E-state index in [9.17, 15) is 9.59 Å². The van der Waals surface area contributed by atoms with Crippen molar-refractivity contribution in [3.05, 3.63) is 12.2 Å². The molecule has 0 spiro atoms. The first kappa shape index (κ1) is 11.8. The van der Waals surface area contributed by atoms with Gasteiger partial charge in [-0.25, -0.2) is 0 Å². The Labute approximate surface area is 90.3 Å². The predicted molar refractivity (Wildman–Crippen MR) is 58.2 cm³/mol. The molecule has 84 valence electrons. The minimum absolute atomic E-state index is 0.0188. The van der Waals surface area contributed by atoms with Crippen molar-refractivity contribution >= 4 is 11.8 Å². The summed E-state index contributed by atoms with van der Waals surface area (Å²) in [4.78, 5) is 24.8. The zero-order chi connectivity index (χ0) is 11.3. The number of nitrogens with one attached hydrogen (secondary N) is 1. The molecule has 1 unspecified atom stereocenters. The van der Waals surface area contributed by atoms with Crippen LogP contribution in [-0.2, 0) is 9.59 Å². The summed E-state index contributed by atoms with van der Waals surface area (Å²) in [5.41, 5.74) is 0. The summed E-state index contributed by atoms with van der Waals surface area (Å²) in [6.07, 6.45) is 5.22. The van der Waals surface area contributed by atoms with Crippen LogP contribution in [-0.4, -0.2) is 35.8 Å². The zero-order valence-corrected chi connectivity index (χ0v) is 9.32. The summed E-state index contributed by atoms with van der Waals surface area (Å²) in [5, 5.41) is 2.64. The van der Waals surface area contributed by atoms with Gasteiger partial charge in [0.1, 0.15) is 6.04 Å². The van der Waals surface area contributed by atoms with Gasteiger partial charge in [-0.15, -0.1) is 0 Å². The summed E-state index contributed by atoms with van der Waals surface area (Å²) >= 11 is 0. The van der Waals surface area contributed by atoms with E-state index in [1.807, 2.05) is 0 Å². The second kappa shape index (κ2) is 5.53. The molecular formula is C11H18N2O2. The minimum atomic E-state index is -0.424. The van der Waals surface area contributed by atoms with E-state index in [0.717, 1.165) is 25.9 Å². The number of nitrogens with zero attached hydrogens (tertiary/aromatic N) is 1. The number of hydrogen-bond donors (Lipinski definition) is 1. The third-order valence-corrected chi connectivity index (χ3v) is 2.46. The van der Waals surface area contributed by atoms with Crippen LogP contribution < -0.4 is 5.32 Å². The molecule has 0 saturated carbocycles. The van der Waals surface area contributed by atoms with E-state index in [0.29, 0.717) is 0 Å². The lowest BCUT2D eigenvalue weighted by atomic mass is 10.3. The molecule has 0 aromatic heterocycles. The molecule has 1 rings (SSSR count). The van der Waals surface area contributed by atoms with Crippen LogP contribution in [0, 0.1) is 0 Å². The highest BCUT2D eigenvalue weighted by Gasteiger charge is 2.23. The van der Waals surface area contributed by atoms with Gasteiger partial charge >= 0.3 is 0 Å². The van der Waals surface area contributed by atoms with Crippen molar-refractivity contribution in [2.45, 2.75) is 32.7 Å². The molecule has 15 heavy (non-hydrogen) atoms. The summed E-state index contributed by atoms with van der Waals surface area (Å²) in [7, 11) is 0. The molecular weight excluding hydrogens is 192 g/mol. The standard InChI is InChI=1S/C11H18N2O2/c1-3-6-10(14)12-9(2)11(15)13-7-4-5-8-13/h3,6,9H,4-5,7-8H2,1-2H3,(H,12,14)/b6-3+. The number of allylic oxidation sites excluding steroid dienone is 1. The van der Waals surface area contributed by atoms with Gasteiger partial charge in [-0.05, 0) is 32.8 Å². The molecule has 1 saturated heterocycles. The van der Waals surface area contributed by atoms with Crippen molar-refractivity contribution in [2.75, 3.05) is 13.1 Å². The quantitative estimate of drug-likeness (QED) is 0.697. The van der Waals surface area contributed by atoms with E-state index in [2.05, 4.69) is 5.32 Å². The van der Waals surface area contributed by atoms with Crippen molar-refractivity contribution in [3.63, 3.8) is 0 Å². The first-order chi connectivity index (χ1) is 7.15. The van der Waals surface area contributed by atoms with Gasteiger partial charge in [0.25, 0.3) is 0 Å². The lowest BCUT2D eigenvalue weighted by Crippen LogP contribution is -2.45. The van der Waals surface area contributed by atoms with Gasteiger partial charge in [-0.2, -0.15) is 0 Å². The van der Waals surface area contributed by atoms with Gasteiger partial charge in [0.15, 0.2) is 0 Å². The fourth-order valence-corrected chi connectivity index (χ4v) is 1.69. The van der Waals surface area contributed by atoms with Crippen LogP contribution in [0.25, 0.3) is 0 Å². The lowest BCUT2D eigenvalue weighted by molar-refractivity contribution is -0.134. The number of rotatable bonds is 3. The molecule has 1 aliphatic heterocycles. The molecule has 4 heteroatoms. The van der Waals surface area contributed by atoms with Crippen LogP contribution in [0.2, 0.25) is 0 Å². The van der Waals surface area contributed by atoms with E-state index in [4.69, 9.17) is 0 Å². The van der Waals surface area contributed by atoms with E-state index in [1.54, 1.807) is 24.8 Å². The van der Waals surface area contributed by atoms with Crippen molar-refractivity contribution in [1.29, 1.82) is 0 Å². The molecule has 1 aliphatic rings. The molecule has 1 fully saturated rings. The Morgan fingerprint density at radius 2 is 1.93 bits per heavy atom. The van der Waals surface area contributed by atoms with Gasteiger partial charge in [0, 0.05) is 13.1 Å².